The minimum atomic E-state index is -4.08. The van der Waals surface area contributed by atoms with Gasteiger partial charge in [0.1, 0.15) is 0 Å². The van der Waals surface area contributed by atoms with E-state index >= 15 is 0 Å². The molecular weight excluding hydrogens is 560 g/mol. The molecule has 0 rings (SSSR count). The Hall–Kier alpha value is -2.22. The third-order valence-electron chi connectivity index (χ3n) is 6.87. The summed E-state index contributed by atoms with van der Waals surface area (Å²) >= 11 is 0. The second kappa shape index (κ2) is 25.5. The van der Waals surface area contributed by atoms with Crippen LogP contribution in [0.5, 0.6) is 0 Å². The van der Waals surface area contributed by atoms with Crippen LogP contribution >= 0.6 is 0 Å². The lowest BCUT2D eigenvalue weighted by molar-refractivity contribution is 0.378. The minimum absolute atomic E-state index is 0.250. The van der Waals surface area contributed by atoms with E-state index in [4.69, 9.17) is 21.0 Å². The van der Waals surface area contributed by atoms with Gasteiger partial charge in [0, 0.05) is 51.9 Å². The number of sulfonamides is 2. The molecule has 0 aromatic rings. The summed E-state index contributed by atoms with van der Waals surface area (Å²) in [4.78, 5) is 0. The van der Waals surface area contributed by atoms with Gasteiger partial charge in [0.2, 0.25) is 20.0 Å². The molecule has 0 saturated heterocycles. The van der Waals surface area contributed by atoms with Gasteiger partial charge in [-0.05, 0) is 51.4 Å². The monoisotopic (exact) mass is 610 g/mol. The highest BCUT2D eigenvalue weighted by Gasteiger charge is 2.32. The van der Waals surface area contributed by atoms with Crippen molar-refractivity contribution in [2.75, 3.05) is 31.3 Å². The second-order valence-corrected chi connectivity index (χ2v) is 14.7. The van der Waals surface area contributed by atoms with Gasteiger partial charge in [-0.1, -0.05) is 51.4 Å². The molecule has 0 N–H and O–H groups in total. The Morgan fingerprint density at radius 2 is 0.585 bits per heavy atom. The van der Waals surface area contributed by atoms with Crippen molar-refractivity contribution in [2.24, 2.45) is 0 Å². The number of hydrogen-bond acceptors (Lipinski definition) is 8. The van der Waals surface area contributed by atoms with E-state index in [0.29, 0.717) is 51.4 Å². The van der Waals surface area contributed by atoms with Crippen molar-refractivity contribution in [3.63, 3.8) is 0 Å². The fourth-order valence-electron chi connectivity index (χ4n) is 4.50. The van der Waals surface area contributed by atoms with Gasteiger partial charge >= 0.3 is 0 Å². The topological polar surface area (TPSA) is 170 Å². The summed E-state index contributed by atoms with van der Waals surface area (Å²) in [6.07, 6.45) is 13.7. The van der Waals surface area contributed by atoms with Gasteiger partial charge in [-0.25, -0.2) is 25.4 Å². The molecule has 0 heterocycles. The molecule has 0 unspecified atom stereocenters. The van der Waals surface area contributed by atoms with Crippen LogP contribution in [-0.4, -0.2) is 56.7 Å². The second-order valence-electron chi connectivity index (χ2n) is 10.4. The predicted octanol–water partition coefficient (Wildman–Crippen LogP) is 6.10. The van der Waals surface area contributed by atoms with Crippen LogP contribution < -0.4 is 0 Å². The van der Waals surface area contributed by atoms with Crippen LogP contribution in [0.15, 0.2) is 0 Å². The molecule has 0 amide bonds. The van der Waals surface area contributed by atoms with E-state index in [0.717, 1.165) is 77.0 Å². The number of nitrogens with zero attached hydrogens (tertiary/aromatic N) is 6. The van der Waals surface area contributed by atoms with E-state index in [-0.39, 0.29) is 26.2 Å². The first-order chi connectivity index (χ1) is 19.7. The van der Waals surface area contributed by atoms with Gasteiger partial charge in [-0.3, -0.25) is 0 Å². The van der Waals surface area contributed by atoms with Crippen molar-refractivity contribution in [3.05, 3.63) is 0 Å². The number of hydrogen-bond donors (Lipinski definition) is 0. The van der Waals surface area contributed by atoms with Crippen molar-refractivity contribution in [1.29, 1.82) is 21.0 Å². The summed E-state index contributed by atoms with van der Waals surface area (Å²) < 4.78 is 56.5. The summed E-state index contributed by atoms with van der Waals surface area (Å²) in [5, 5.41) is 33.9. The maximum Gasteiger partial charge on any atom is 0.229 e. The molecule has 0 aromatic heterocycles. The lowest BCUT2D eigenvalue weighted by atomic mass is 10.1. The Labute approximate surface area is 250 Å². The molecule has 0 atom stereocenters. The first-order valence-electron chi connectivity index (χ1n) is 15.2. The highest BCUT2D eigenvalue weighted by Crippen LogP contribution is 2.17. The Balaban J connectivity index is 5.36. The summed E-state index contributed by atoms with van der Waals surface area (Å²) in [5.74, 6) is 0. The van der Waals surface area contributed by atoms with Gasteiger partial charge < -0.3 is 0 Å². The SMILES string of the molecule is N#CCCCCCCN(CCCCCCC#N)S(=O)(=O)CS(=O)(=O)N(CCCCCCC#N)CCCCCCC#N. The number of nitriles is 4. The Morgan fingerprint density at radius 3 is 0.805 bits per heavy atom. The van der Waals surface area contributed by atoms with Gasteiger partial charge in [0.05, 0.1) is 24.3 Å². The molecule has 0 radical (unpaired) electrons. The summed E-state index contributed by atoms with van der Waals surface area (Å²) in [5.41, 5.74) is 0. The van der Waals surface area contributed by atoms with Crippen LogP contribution in [0.1, 0.15) is 128 Å². The molecule has 0 fully saturated rings. The fraction of sp³-hybridized carbons (Fsp3) is 0.862. The zero-order chi connectivity index (χ0) is 30.7. The zero-order valence-corrected chi connectivity index (χ0v) is 26.4. The quantitative estimate of drug-likeness (QED) is 0.0956. The molecular formula is C29H50N6O4S2. The molecule has 41 heavy (non-hydrogen) atoms. The van der Waals surface area contributed by atoms with Crippen LogP contribution in [0.2, 0.25) is 0 Å². The maximum absolute atomic E-state index is 13.5. The van der Waals surface area contributed by atoms with Crippen molar-refractivity contribution < 1.29 is 16.8 Å². The third kappa shape index (κ3) is 21.2. The Kier molecular flexibility index (Phi) is 24.1. The molecule has 0 saturated carbocycles. The maximum atomic E-state index is 13.5. The predicted molar refractivity (Wildman–Crippen MR) is 161 cm³/mol. The lowest BCUT2D eigenvalue weighted by Crippen LogP contribution is -2.42. The first kappa shape index (κ1) is 38.8. The molecule has 232 valence electrons. The molecule has 0 aliphatic rings. The molecule has 0 aromatic carbocycles. The molecule has 0 bridgehead atoms. The van der Waals surface area contributed by atoms with Gasteiger partial charge in [0.15, 0.2) is 5.08 Å². The third-order valence-corrected chi connectivity index (χ3v) is 11.6. The van der Waals surface area contributed by atoms with Crippen LogP contribution in [0.4, 0.5) is 0 Å². The van der Waals surface area contributed by atoms with Crippen molar-refractivity contribution in [3.8, 4) is 24.3 Å². The normalized spacial score (nSPS) is 11.7. The van der Waals surface area contributed by atoms with Crippen LogP contribution in [-0.2, 0) is 20.0 Å². The number of unbranched alkanes of at least 4 members (excludes halogenated alkanes) is 16. The lowest BCUT2D eigenvalue weighted by Gasteiger charge is -2.26. The molecule has 12 heteroatoms. The molecule has 0 aliphatic heterocycles. The van der Waals surface area contributed by atoms with Crippen LogP contribution in [0, 0.1) is 45.3 Å². The smallest absolute Gasteiger partial charge is 0.211 e. The average Bonchev–Trinajstić information content (AvgIpc) is 2.93. The zero-order valence-electron chi connectivity index (χ0n) is 24.8. The number of rotatable bonds is 28. The highest BCUT2D eigenvalue weighted by atomic mass is 32.3. The van der Waals surface area contributed by atoms with Crippen LogP contribution in [0.25, 0.3) is 0 Å². The van der Waals surface area contributed by atoms with E-state index < -0.39 is 25.1 Å². The van der Waals surface area contributed by atoms with E-state index in [1.54, 1.807) is 0 Å². The largest absolute Gasteiger partial charge is 0.229 e. The van der Waals surface area contributed by atoms with Gasteiger partial charge in [-0.15, -0.1) is 0 Å². The Morgan fingerprint density at radius 1 is 0.366 bits per heavy atom. The van der Waals surface area contributed by atoms with E-state index in [2.05, 4.69) is 24.3 Å². The summed E-state index contributed by atoms with van der Waals surface area (Å²) in [6.45, 7) is 1.00. The van der Waals surface area contributed by atoms with Crippen molar-refractivity contribution in [1.82, 2.24) is 8.61 Å². The Bertz CT molecular complexity index is 917. The van der Waals surface area contributed by atoms with Gasteiger partial charge in [-0.2, -0.15) is 21.0 Å². The molecule has 10 nitrogen and oxygen atoms in total. The summed E-state index contributed by atoms with van der Waals surface area (Å²) in [6, 6.07) is 8.43. The van der Waals surface area contributed by atoms with E-state index in [1.807, 2.05) is 0 Å². The van der Waals surface area contributed by atoms with Crippen LogP contribution in [0.3, 0.4) is 0 Å². The van der Waals surface area contributed by atoms with Crippen molar-refractivity contribution in [2.45, 2.75) is 128 Å². The van der Waals surface area contributed by atoms with Crippen molar-refractivity contribution >= 4 is 20.0 Å². The minimum Gasteiger partial charge on any atom is -0.211 e. The first-order valence-corrected chi connectivity index (χ1v) is 18.4. The standard InChI is InChI=1S/C29H50N6O4S2/c30-21-13-5-1-9-17-25-34(26-18-10-2-6-14-22-31)40(36,37)29-41(38,39)35(27-19-11-3-7-15-23-32)28-20-12-4-8-16-24-33/h1-20,25-29H2. The van der Waals surface area contributed by atoms with E-state index in [9.17, 15) is 16.8 Å². The highest BCUT2D eigenvalue weighted by molar-refractivity contribution is 8.05. The van der Waals surface area contributed by atoms with Gasteiger partial charge in [0.25, 0.3) is 0 Å². The summed E-state index contributed by atoms with van der Waals surface area (Å²) in [7, 11) is -8.16. The molecule has 0 aliphatic carbocycles. The van der Waals surface area contributed by atoms with E-state index in [1.165, 1.54) is 8.61 Å². The fourth-order valence-corrected chi connectivity index (χ4v) is 8.83. The average molecular weight is 611 g/mol. The molecule has 0 spiro atoms.